The van der Waals surface area contributed by atoms with Crippen molar-refractivity contribution >= 4 is 17.7 Å². The van der Waals surface area contributed by atoms with Crippen LogP contribution in [0.1, 0.15) is 22.2 Å². The van der Waals surface area contributed by atoms with Crippen LogP contribution in [0, 0.1) is 0 Å². The lowest BCUT2D eigenvalue weighted by molar-refractivity contribution is 0.0912. The van der Waals surface area contributed by atoms with Crippen molar-refractivity contribution in [3.05, 3.63) is 59.9 Å². The van der Waals surface area contributed by atoms with Gasteiger partial charge in [0.1, 0.15) is 11.8 Å². The van der Waals surface area contributed by atoms with E-state index in [9.17, 15) is 9.90 Å². The van der Waals surface area contributed by atoms with Crippen molar-refractivity contribution in [2.75, 3.05) is 33.2 Å². The molecule has 9 nitrogen and oxygen atoms in total. The number of aliphatic hydroxyl groups excluding tert-OH is 1. The van der Waals surface area contributed by atoms with E-state index in [1.54, 1.807) is 50.1 Å². The minimum Gasteiger partial charge on any atom is -0.497 e. The van der Waals surface area contributed by atoms with E-state index in [4.69, 9.17) is 14.2 Å². The summed E-state index contributed by atoms with van der Waals surface area (Å²) in [7, 11) is 4.95. The molecule has 0 radical (unpaired) electrons. The second-order valence-corrected chi connectivity index (χ2v) is 7.75. The van der Waals surface area contributed by atoms with Crippen LogP contribution in [0.4, 0.5) is 0 Å². The third-order valence-corrected chi connectivity index (χ3v) is 5.65. The second-order valence-electron chi connectivity index (χ2n) is 6.68. The quantitative estimate of drug-likeness (QED) is 0.333. The van der Waals surface area contributed by atoms with E-state index in [1.165, 1.54) is 11.8 Å². The van der Waals surface area contributed by atoms with Gasteiger partial charge in [-0.05, 0) is 36.4 Å². The highest BCUT2D eigenvalue weighted by Crippen LogP contribution is 2.26. The average Bonchev–Trinajstić information content (AvgIpc) is 3.20. The van der Waals surface area contributed by atoms with Gasteiger partial charge >= 0.3 is 0 Å². The SMILES string of the molecule is COc1ccc(C(=O)NC(CO)c2nnc(SCCOc3ccccc3OC)n2C)cc1. The molecule has 3 rings (SSSR count). The fourth-order valence-electron chi connectivity index (χ4n) is 2.95. The monoisotopic (exact) mass is 458 g/mol. The first-order valence-corrected chi connectivity index (χ1v) is 10.9. The molecule has 2 N–H and O–H groups in total. The van der Waals surface area contributed by atoms with Crippen LogP contribution in [0.2, 0.25) is 0 Å². The van der Waals surface area contributed by atoms with Gasteiger partial charge in [0.05, 0.1) is 27.4 Å². The summed E-state index contributed by atoms with van der Waals surface area (Å²) in [6.45, 7) is 0.139. The van der Waals surface area contributed by atoms with Gasteiger partial charge in [-0.3, -0.25) is 4.79 Å². The molecule has 1 aromatic heterocycles. The number of nitrogens with zero attached hydrogens (tertiary/aromatic N) is 3. The van der Waals surface area contributed by atoms with Gasteiger partial charge in [-0.1, -0.05) is 23.9 Å². The van der Waals surface area contributed by atoms with Crippen LogP contribution < -0.4 is 19.5 Å². The number of carbonyl (C=O) groups excluding carboxylic acids is 1. The number of rotatable bonds is 11. The van der Waals surface area contributed by atoms with E-state index in [-0.39, 0.29) is 12.5 Å². The Morgan fingerprint density at radius 1 is 1.09 bits per heavy atom. The molecule has 1 heterocycles. The lowest BCUT2D eigenvalue weighted by atomic mass is 10.2. The van der Waals surface area contributed by atoms with E-state index in [2.05, 4.69) is 15.5 Å². The summed E-state index contributed by atoms with van der Waals surface area (Å²) in [6, 6.07) is 13.5. The summed E-state index contributed by atoms with van der Waals surface area (Å²) in [5.74, 6) is 2.78. The summed E-state index contributed by atoms with van der Waals surface area (Å²) in [5, 5.41) is 21.6. The van der Waals surface area contributed by atoms with Crippen molar-refractivity contribution in [1.82, 2.24) is 20.1 Å². The number of carbonyl (C=O) groups is 1. The molecule has 1 unspecified atom stereocenters. The van der Waals surface area contributed by atoms with E-state index in [0.29, 0.717) is 46.2 Å². The summed E-state index contributed by atoms with van der Waals surface area (Å²) in [4.78, 5) is 12.6. The van der Waals surface area contributed by atoms with E-state index < -0.39 is 6.04 Å². The van der Waals surface area contributed by atoms with Gasteiger partial charge in [0, 0.05) is 18.4 Å². The fraction of sp³-hybridized carbons (Fsp3) is 0.318. The molecule has 10 heteroatoms. The summed E-state index contributed by atoms with van der Waals surface area (Å²) in [5.41, 5.74) is 0.453. The van der Waals surface area contributed by atoms with Crippen molar-refractivity contribution in [3.63, 3.8) is 0 Å². The number of aliphatic hydroxyl groups is 1. The second kappa shape index (κ2) is 11.4. The van der Waals surface area contributed by atoms with Gasteiger partial charge in [-0.25, -0.2) is 0 Å². The summed E-state index contributed by atoms with van der Waals surface area (Å²) >= 11 is 1.46. The van der Waals surface area contributed by atoms with Gasteiger partial charge in [0.15, 0.2) is 22.5 Å². The highest BCUT2D eigenvalue weighted by atomic mass is 32.2. The maximum absolute atomic E-state index is 12.6. The lowest BCUT2D eigenvalue weighted by Crippen LogP contribution is -2.32. The van der Waals surface area contributed by atoms with Crippen molar-refractivity contribution in [1.29, 1.82) is 0 Å². The molecular formula is C22H26N4O5S. The number of nitrogens with one attached hydrogen (secondary N) is 1. The standard InChI is InChI=1S/C22H26N4O5S/c1-26-20(17(14-27)23-21(28)15-8-10-16(29-2)11-9-15)24-25-22(26)32-13-12-31-19-7-5-4-6-18(19)30-3/h4-11,17,27H,12-14H2,1-3H3,(H,23,28). The molecule has 2 aromatic carbocycles. The molecule has 0 spiro atoms. The number of para-hydroxylation sites is 2. The van der Waals surface area contributed by atoms with Crippen LogP contribution in [-0.2, 0) is 7.05 Å². The molecular weight excluding hydrogens is 432 g/mol. The molecule has 0 saturated heterocycles. The van der Waals surface area contributed by atoms with Crippen LogP contribution in [0.5, 0.6) is 17.2 Å². The van der Waals surface area contributed by atoms with Crippen LogP contribution in [0.3, 0.4) is 0 Å². The van der Waals surface area contributed by atoms with Gasteiger partial charge in [-0.15, -0.1) is 10.2 Å². The molecule has 0 aliphatic heterocycles. The Morgan fingerprint density at radius 2 is 1.81 bits per heavy atom. The van der Waals surface area contributed by atoms with Crippen LogP contribution in [0.15, 0.2) is 53.7 Å². The van der Waals surface area contributed by atoms with Crippen molar-refractivity contribution in [2.45, 2.75) is 11.2 Å². The van der Waals surface area contributed by atoms with Crippen molar-refractivity contribution in [3.8, 4) is 17.2 Å². The third-order valence-electron chi connectivity index (χ3n) is 4.66. The first kappa shape index (κ1) is 23.4. The number of amides is 1. The lowest BCUT2D eigenvalue weighted by Gasteiger charge is -2.16. The van der Waals surface area contributed by atoms with Crippen molar-refractivity contribution < 1.29 is 24.1 Å². The average molecular weight is 459 g/mol. The molecule has 0 aliphatic rings. The Hall–Kier alpha value is -3.24. The smallest absolute Gasteiger partial charge is 0.251 e. The molecule has 0 saturated carbocycles. The number of aromatic nitrogens is 3. The Bertz CT molecular complexity index is 1030. The number of benzene rings is 2. The number of hydrogen-bond donors (Lipinski definition) is 2. The van der Waals surface area contributed by atoms with E-state index in [0.717, 1.165) is 0 Å². The van der Waals surface area contributed by atoms with E-state index in [1.807, 2.05) is 24.3 Å². The first-order chi connectivity index (χ1) is 15.6. The predicted molar refractivity (Wildman–Crippen MR) is 121 cm³/mol. The predicted octanol–water partition coefficient (Wildman–Crippen LogP) is 2.47. The minimum atomic E-state index is -0.693. The number of thioether (sulfide) groups is 1. The Labute approximate surface area is 190 Å². The van der Waals surface area contributed by atoms with Gasteiger partial charge in [0.25, 0.3) is 5.91 Å². The van der Waals surface area contributed by atoms with Crippen molar-refractivity contribution in [2.24, 2.45) is 7.05 Å². The zero-order valence-electron chi connectivity index (χ0n) is 18.1. The normalized spacial score (nSPS) is 11.6. The zero-order valence-corrected chi connectivity index (χ0v) is 19.0. The first-order valence-electron chi connectivity index (χ1n) is 9.91. The number of hydrogen-bond acceptors (Lipinski definition) is 8. The maximum atomic E-state index is 12.6. The van der Waals surface area contributed by atoms with E-state index >= 15 is 0 Å². The fourth-order valence-corrected chi connectivity index (χ4v) is 3.69. The van der Waals surface area contributed by atoms with Gasteiger partial charge in [-0.2, -0.15) is 0 Å². The Balaban J connectivity index is 1.57. The van der Waals surface area contributed by atoms with Crippen LogP contribution in [-0.4, -0.2) is 59.0 Å². The minimum absolute atomic E-state index is 0.310. The number of methoxy groups -OCH3 is 2. The van der Waals surface area contributed by atoms with Gasteiger partial charge < -0.3 is 29.2 Å². The topological polar surface area (TPSA) is 108 Å². The molecule has 170 valence electrons. The molecule has 1 atom stereocenters. The highest BCUT2D eigenvalue weighted by Gasteiger charge is 2.22. The summed E-state index contributed by atoms with van der Waals surface area (Å²) in [6.07, 6.45) is 0. The molecule has 3 aromatic rings. The third kappa shape index (κ3) is 5.71. The summed E-state index contributed by atoms with van der Waals surface area (Å²) < 4.78 is 17.9. The molecule has 0 fully saturated rings. The Morgan fingerprint density at radius 3 is 2.47 bits per heavy atom. The molecule has 32 heavy (non-hydrogen) atoms. The molecule has 0 bridgehead atoms. The maximum Gasteiger partial charge on any atom is 0.251 e. The van der Waals surface area contributed by atoms with Gasteiger partial charge in [0.2, 0.25) is 0 Å². The largest absolute Gasteiger partial charge is 0.497 e. The highest BCUT2D eigenvalue weighted by molar-refractivity contribution is 7.99. The van der Waals surface area contributed by atoms with Crippen LogP contribution >= 0.6 is 11.8 Å². The molecule has 0 aliphatic carbocycles. The van der Waals surface area contributed by atoms with Crippen LogP contribution in [0.25, 0.3) is 0 Å². The zero-order chi connectivity index (χ0) is 22.9. The number of ether oxygens (including phenoxy) is 3. The Kier molecular flexibility index (Phi) is 8.34. The molecule has 1 amide bonds.